The third-order valence-electron chi connectivity index (χ3n) is 2.98. The average Bonchev–Trinajstić information content (AvgIpc) is 2.48. The van der Waals surface area contributed by atoms with Crippen LogP contribution >= 0.6 is 27.5 Å². The van der Waals surface area contributed by atoms with Crippen molar-refractivity contribution < 1.29 is 9.53 Å². The molecule has 0 unspecified atom stereocenters. The number of hydrogen-bond donors (Lipinski definition) is 2. The largest absolute Gasteiger partial charge is 0.496 e. The highest BCUT2D eigenvalue weighted by Gasteiger charge is 2.11. The van der Waals surface area contributed by atoms with Crippen molar-refractivity contribution in [2.24, 2.45) is 0 Å². The molecule has 0 aliphatic rings. The zero-order valence-corrected chi connectivity index (χ0v) is 13.7. The summed E-state index contributed by atoms with van der Waals surface area (Å²) < 4.78 is 5.92. The van der Waals surface area contributed by atoms with E-state index in [0.717, 1.165) is 5.56 Å². The number of halogens is 2. The van der Waals surface area contributed by atoms with Gasteiger partial charge in [-0.2, -0.15) is 0 Å². The van der Waals surface area contributed by atoms with Crippen LogP contribution < -0.4 is 15.8 Å². The van der Waals surface area contributed by atoms with Gasteiger partial charge in [0.2, 0.25) is 0 Å². The summed E-state index contributed by atoms with van der Waals surface area (Å²) >= 11 is 9.43. The van der Waals surface area contributed by atoms with Crippen LogP contribution in [0, 0.1) is 0 Å². The van der Waals surface area contributed by atoms with Gasteiger partial charge in [-0.25, -0.2) is 0 Å². The number of nitrogen functional groups attached to an aromatic ring is 1. The van der Waals surface area contributed by atoms with Crippen LogP contribution in [0.15, 0.2) is 40.9 Å². The van der Waals surface area contributed by atoms with Crippen LogP contribution in [0.25, 0.3) is 0 Å². The molecule has 0 saturated carbocycles. The van der Waals surface area contributed by atoms with Crippen molar-refractivity contribution in [1.82, 2.24) is 5.32 Å². The van der Waals surface area contributed by atoms with Gasteiger partial charge in [0.15, 0.2) is 0 Å². The Kier molecular flexibility index (Phi) is 5.09. The number of nitrogens with two attached hydrogens (primary N) is 1. The second-order valence-corrected chi connectivity index (χ2v) is 5.60. The summed E-state index contributed by atoms with van der Waals surface area (Å²) in [5.74, 6) is 0.430. The number of hydrogen-bond acceptors (Lipinski definition) is 3. The van der Waals surface area contributed by atoms with E-state index < -0.39 is 0 Å². The Morgan fingerprint density at radius 2 is 2.14 bits per heavy atom. The number of nitrogens with one attached hydrogen (secondary N) is 1. The van der Waals surface area contributed by atoms with Crippen molar-refractivity contribution in [2.75, 3.05) is 12.8 Å². The molecular formula is C15H14BrClN2O2. The third kappa shape index (κ3) is 3.68. The van der Waals surface area contributed by atoms with Crippen LogP contribution in [0.2, 0.25) is 5.02 Å². The Morgan fingerprint density at radius 3 is 2.81 bits per heavy atom. The van der Waals surface area contributed by atoms with E-state index >= 15 is 0 Å². The maximum Gasteiger partial charge on any atom is 0.251 e. The van der Waals surface area contributed by atoms with Crippen molar-refractivity contribution in [3.8, 4) is 5.75 Å². The number of carbonyl (C=O) groups excluding carboxylic acids is 1. The fraction of sp³-hybridized carbons (Fsp3) is 0.133. The predicted octanol–water partition coefficient (Wildman–Crippen LogP) is 3.62. The molecule has 0 saturated heterocycles. The Balaban J connectivity index is 2.13. The minimum absolute atomic E-state index is 0.210. The second-order valence-electron chi connectivity index (χ2n) is 4.34. The van der Waals surface area contributed by atoms with E-state index in [-0.39, 0.29) is 12.5 Å². The number of anilines is 1. The van der Waals surface area contributed by atoms with E-state index in [1.54, 1.807) is 43.5 Å². The van der Waals surface area contributed by atoms with Crippen LogP contribution in [-0.4, -0.2) is 13.0 Å². The zero-order valence-electron chi connectivity index (χ0n) is 11.3. The number of benzene rings is 2. The molecule has 0 heterocycles. The third-order valence-corrected chi connectivity index (χ3v) is 4.03. The Labute approximate surface area is 136 Å². The summed E-state index contributed by atoms with van der Waals surface area (Å²) in [4.78, 5) is 12.1. The predicted molar refractivity (Wildman–Crippen MR) is 87.7 cm³/mol. The second kappa shape index (κ2) is 6.83. The summed E-state index contributed by atoms with van der Waals surface area (Å²) in [6.07, 6.45) is 0. The van der Waals surface area contributed by atoms with Crippen molar-refractivity contribution in [3.05, 3.63) is 57.0 Å². The Hall–Kier alpha value is -1.72. The van der Waals surface area contributed by atoms with Crippen molar-refractivity contribution in [1.29, 1.82) is 0 Å². The van der Waals surface area contributed by atoms with E-state index in [9.17, 15) is 4.79 Å². The molecule has 4 nitrogen and oxygen atoms in total. The number of amides is 1. The van der Waals surface area contributed by atoms with Crippen molar-refractivity contribution in [3.63, 3.8) is 0 Å². The molecule has 0 radical (unpaired) electrons. The summed E-state index contributed by atoms with van der Waals surface area (Å²) in [6, 6.07) is 10.4. The van der Waals surface area contributed by atoms with E-state index in [1.165, 1.54) is 0 Å². The first-order chi connectivity index (χ1) is 10.0. The van der Waals surface area contributed by atoms with Crippen LogP contribution in [0.4, 0.5) is 5.69 Å². The standard InChI is InChI=1S/C15H14BrClN2O2/c1-21-14-4-2-3-12(17)10(14)8-19-15(20)9-5-6-13(18)11(16)7-9/h2-7H,8,18H2,1H3,(H,19,20). The lowest BCUT2D eigenvalue weighted by atomic mass is 10.1. The van der Waals surface area contributed by atoms with Gasteiger partial charge in [0.1, 0.15) is 5.75 Å². The monoisotopic (exact) mass is 368 g/mol. The molecule has 0 aromatic heterocycles. The summed E-state index contributed by atoms with van der Waals surface area (Å²) in [5, 5.41) is 3.36. The summed E-state index contributed by atoms with van der Waals surface area (Å²) in [7, 11) is 1.56. The Morgan fingerprint density at radius 1 is 1.38 bits per heavy atom. The first kappa shape index (κ1) is 15.7. The van der Waals surface area contributed by atoms with E-state index in [0.29, 0.717) is 26.5 Å². The van der Waals surface area contributed by atoms with Gasteiger partial charge in [-0.15, -0.1) is 0 Å². The smallest absolute Gasteiger partial charge is 0.251 e. The molecule has 2 aromatic rings. The Bertz CT molecular complexity index is 677. The van der Waals surface area contributed by atoms with Gasteiger partial charge in [0.05, 0.1) is 7.11 Å². The molecular weight excluding hydrogens is 356 g/mol. The van der Waals surface area contributed by atoms with Gasteiger partial charge < -0.3 is 15.8 Å². The maximum atomic E-state index is 12.1. The highest BCUT2D eigenvalue weighted by molar-refractivity contribution is 9.10. The maximum absolute atomic E-state index is 12.1. The topological polar surface area (TPSA) is 64.3 Å². The van der Waals surface area contributed by atoms with Crippen molar-refractivity contribution in [2.45, 2.75) is 6.54 Å². The minimum Gasteiger partial charge on any atom is -0.496 e. The van der Waals surface area contributed by atoms with Crippen LogP contribution in [0.5, 0.6) is 5.75 Å². The fourth-order valence-corrected chi connectivity index (χ4v) is 2.45. The number of rotatable bonds is 4. The molecule has 3 N–H and O–H groups in total. The molecule has 0 bridgehead atoms. The lowest BCUT2D eigenvalue weighted by molar-refractivity contribution is 0.0950. The van der Waals surface area contributed by atoms with E-state index in [2.05, 4.69) is 21.2 Å². The van der Waals surface area contributed by atoms with Gasteiger partial charge in [-0.3, -0.25) is 4.79 Å². The van der Waals surface area contributed by atoms with Crippen molar-refractivity contribution >= 4 is 39.1 Å². The van der Waals surface area contributed by atoms with Gasteiger partial charge in [0, 0.05) is 32.9 Å². The highest BCUT2D eigenvalue weighted by atomic mass is 79.9. The highest BCUT2D eigenvalue weighted by Crippen LogP contribution is 2.26. The van der Waals surface area contributed by atoms with Crippen LogP contribution in [0.3, 0.4) is 0 Å². The molecule has 2 rings (SSSR count). The average molecular weight is 370 g/mol. The van der Waals surface area contributed by atoms with Gasteiger partial charge in [-0.1, -0.05) is 17.7 Å². The molecule has 0 fully saturated rings. The molecule has 0 aliphatic carbocycles. The lowest BCUT2D eigenvalue weighted by Gasteiger charge is -2.11. The van der Waals surface area contributed by atoms with E-state index in [4.69, 9.17) is 22.1 Å². The van der Waals surface area contributed by atoms with Gasteiger partial charge >= 0.3 is 0 Å². The molecule has 110 valence electrons. The first-order valence-electron chi connectivity index (χ1n) is 6.17. The van der Waals surface area contributed by atoms with Gasteiger partial charge in [0.25, 0.3) is 5.91 Å². The quantitative estimate of drug-likeness (QED) is 0.809. The normalized spacial score (nSPS) is 10.2. The van der Waals surface area contributed by atoms with E-state index in [1.807, 2.05) is 0 Å². The lowest BCUT2D eigenvalue weighted by Crippen LogP contribution is -2.23. The molecule has 2 aromatic carbocycles. The molecule has 0 spiro atoms. The first-order valence-corrected chi connectivity index (χ1v) is 7.34. The summed E-state index contributed by atoms with van der Waals surface area (Å²) in [5.41, 5.74) is 7.54. The molecule has 21 heavy (non-hydrogen) atoms. The van der Waals surface area contributed by atoms with Crippen LogP contribution in [0.1, 0.15) is 15.9 Å². The minimum atomic E-state index is -0.210. The summed E-state index contributed by atoms with van der Waals surface area (Å²) in [6.45, 7) is 0.281. The number of carbonyl (C=O) groups is 1. The van der Waals surface area contributed by atoms with Gasteiger partial charge in [-0.05, 0) is 46.3 Å². The fourth-order valence-electron chi connectivity index (χ4n) is 1.84. The number of ether oxygens (including phenoxy) is 1. The molecule has 0 aliphatic heterocycles. The molecule has 6 heteroatoms. The molecule has 1 amide bonds. The van der Waals surface area contributed by atoms with Crippen LogP contribution in [-0.2, 0) is 6.54 Å². The SMILES string of the molecule is COc1cccc(Cl)c1CNC(=O)c1ccc(N)c(Br)c1. The molecule has 0 atom stereocenters. The number of methoxy groups -OCH3 is 1. The zero-order chi connectivity index (χ0) is 15.4.